The predicted molar refractivity (Wildman–Crippen MR) is 153 cm³/mol. The number of phosphoric acid groups is 1. The lowest BCUT2D eigenvalue weighted by Crippen LogP contribution is -2.36. The van der Waals surface area contributed by atoms with E-state index in [9.17, 15) is 15.0 Å². The van der Waals surface area contributed by atoms with Gasteiger partial charge < -0.3 is 73.8 Å². The number of aliphatic hydroxyl groups is 6. The largest absolute Gasteiger partial charge is 0.822 e. The Morgan fingerprint density at radius 1 is 0.837 bits per heavy atom. The number of aliphatic hydroxyl groups excluding tert-OH is 6. The predicted octanol–water partition coefficient (Wildman–Crippen LogP) is -6.33. The molecular formula is C24H55N6O12P. The van der Waals surface area contributed by atoms with Crippen molar-refractivity contribution in [3.8, 4) is 0 Å². The Kier molecular flexibility index (Phi) is 22.6. The van der Waals surface area contributed by atoms with E-state index >= 15 is 0 Å². The molecular weight excluding hydrogens is 595 g/mol. The van der Waals surface area contributed by atoms with Gasteiger partial charge in [-0.1, -0.05) is 0 Å². The van der Waals surface area contributed by atoms with Crippen molar-refractivity contribution in [2.75, 3.05) is 115 Å². The van der Waals surface area contributed by atoms with Crippen LogP contribution in [0.1, 0.15) is 6.23 Å². The third-order valence-corrected chi connectivity index (χ3v) is 4.96. The summed E-state index contributed by atoms with van der Waals surface area (Å²) in [6, 6.07) is 1.37. The first-order chi connectivity index (χ1) is 19.2. The molecule has 0 aromatic carbocycles. The van der Waals surface area contributed by atoms with Crippen LogP contribution >= 0.6 is 7.82 Å². The van der Waals surface area contributed by atoms with Gasteiger partial charge in [0.25, 0.3) is 0 Å². The second-order valence-corrected chi connectivity index (χ2v) is 13.3. The smallest absolute Gasteiger partial charge is 0.351 e. The van der Waals surface area contributed by atoms with Crippen molar-refractivity contribution < 1.29 is 68.1 Å². The molecule has 43 heavy (non-hydrogen) atoms. The fourth-order valence-corrected chi connectivity index (χ4v) is 2.63. The highest BCUT2D eigenvalue weighted by Gasteiger charge is 2.43. The molecule has 0 bridgehead atoms. The summed E-state index contributed by atoms with van der Waals surface area (Å²) in [5, 5.41) is 53.3. The number of rotatable bonds is 8. The van der Waals surface area contributed by atoms with Gasteiger partial charge in [0.2, 0.25) is 0 Å². The quantitative estimate of drug-likeness (QED) is 0.102. The molecule has 0 aliphatic carbocycles. The number of quaternary nitrogens is 3. The van der Waals surface area contributed by atoms with E-state index in [1.165, 1.54) is 12.3 Å². The monoisotopic (exact) mass is 650 g/mol. The van der Waals surface area contributed by atoms with Gasteiger partial charge in [-0.25, -0.2) is 4.79 Å². The number of anilines is 1. The van der Waals surface area contributed by atoms with E-state index in [2.05, 4.69) is 68.4 Å². The van der Waals surface area contributed by atoms with Crippen LogP contribution in [0.3, 0.4) is 0 Å². The van der Waals surface area contributed by atoms with Crippen LogP contribution in [0.5, 0.6) is 0 Å². The summed E-state index contributed by atoms with van der Waals surface area (Å²) < 4.78 is 17.3. The summed E-state index contributed by atoms with van der Waals surface area (Å²) in [6.45, 7) is 2.89. The van der Waals surface area contributed by atoms with Crippen molar-refractivity contribution in [3.05, 3.63) is 22.7 Å². The molecule has 1 aromatic heterocycles. The molecule has 1 aliphatic rings. The van der Waals surface area contributed by atoms with Gasteiger partial charge in [-0.05, 0) is 6.07 Å². The van der Waals surface area contributed by atoms with E-state index in [0.717, 1.165) is 37.7 Å². The molecule has 19 heteroatoms. The number of hydrogen-bond acceptors (Lipinski definition) is 14. The molecule has 1 aromatic rings. The molecule has 1 fully saturated rings. The lowest BCUT2D eigenvalue weighted by molar-refractivity contribution is -0.870. The van der Waals surface area contributed by atoms with Gasteiger partial charge in [0, 0.05) is 6.20 Å². The zero-order chi connectivity index (χ0) is 34.8. The minimum Gasteiger partial charge on any atom is -0.822 e. The topological polar surface area (TPSA) is 278 Å². The van der Waals surface area contributed by atoms with Crippen LogP contribution in [0.2, 0.25) is 0 Å². The summed E-state index contributed by atoms with van der Waals surface area (Å²) in [7, 11) is 13.1. The maximum absolute atomic E-state index is 11.5. The van der Waals surface area contributed by atoms with Crippen LogP contribution in [-0.2, 0) is 9.30 Å². The highest BCUT2D eigenvalue weighted by molar-refractivity contribution is 7.40. The Morgan fingerprint density at radius 2 is 1.19 bits per heavy atom. The summed E-state index contributed by atoms with van der Waals surface area (Å²) in [5.41, 5.74) is 4.63. The average molecular weight is 651 g/mol. The van der Waals surface area contributed by atoms with E-state index < -0.39 is 44.7 Å². The SMILES string of the molecule is C[N+](C)(C)CCO.C[N+](C)(C)CCO.C[N+](C)(C)CCO.Nc1ccn([C@@H]2O[C@H](CO)[C@@H](O)[C@H]2O)c(=O)n1.O=P([O-])([O-])[O-]. The summed E-state index contributed by atoms with van der Waals surface area (Å²) >= 11 is 0. The third kappa shape index (κ3) is 28.9. The summed E-state index contributed by atoms with van der Waals surface area (Å²) in [5.74, 6) is 0.0537. The Morgan fingerprint density at radius 3 is 1.40 bits per heavy atom. The van der Waals surface area contributed by atoms with Crippen LogP contribution in [0.4, 0.5) is 5.82 Å². The molecule has 2 rings (SSSR count). The molecule has 0 unspecified atom stereocenters. The highest BCUT2D eigenvalue weighted by atomic mass is 31.2. The maximum Gasteiger partial charge on any atom is 0.351 e. The van der Waals surface area contributed by atoms with E-state index in [-0.39, 0.29) is 25.6 Å². The molecule has 1 aliphatic heterocycles. The van der Waals surface area contributed by atoms with Crippen molar-refractivity contribution in [2.45, 2.75) is 24.5 Å². The zero-order valence-corrected chi connectivity index (χ0v) is 27.7. The van der Waals surface area contributed by atoms with Gasteiger partial charge in [-0.2, -0.15) is 12.8 Å². The zero-order valence-electron chi connectivity index (χ0n) is 26.8. The molecule has 2 heterocycles. The first kappa shape index (κ1) is 45.8. The molecule has 0 amide bonds. The van der Waals surface area contributed by atoms with E-state index in [1.54, 1.807) is 0 Å². The van der Waals surface area contributed by atoms with Crippen LogP contribution in [0.15, 0.2) is 17.1 Å². The van der Waals surface area contributed by atoms with Crippen molar-refractivity contribution in [3.63, 3.8) is 0 Å². The average Bonchev–Trinajstić information content (AvgIpc) is 3.05. The van der Waals surface area contributed by atoms with Gasteiger partial charge >= 0.3 is 5.69 Å². The summed E-state index contributed by atoms with van der Waals surface area (Å²) in [4.78, 5) is 40.6. The van der Waals surface area contributed by atoms with Crippen LogP contribution in [0, 0.1) is 0 Å². The fraction of sp³-hybridized carbons (Fsp3) is 0.833. The van der Waals surface area contributed by atoms with Gasteiger partial charge in [0.1, 0.15) is 43.8 Å². The Hall–Kier alpha value is -1.61. The van der Waals surface area contributed by atoms with Crippen LogP contribution in [0.25, 0.3) is 0 Å². The maximum atomic E-state index is 11.5. The molecule has 4 atom stereocenters. The van der Waals surface area contributed by atoms with Crippen molar-refractivity contribution in [1.29, 1.82) is 0 Å². The number of aromatic nitrogens is 2. The standard InChI is InChI=1S/C9H13N3O5.3C5H14NO.H3O4P/c10-5-1-2-12(9(16)11-5)8-7(15)6(14)4(3-13)17-8;3*1-6(2,3)4-5-7;1-5(2,3)4/h1-2,4,6-8,13-15H,3H2,(H2,10,11,16);3*7H,4-5H2,1-3H3;(H3,1,2,3,4)/q;3*+1;/p-3/t4-,6-,7-,8-;;;;/m1..../s1. The van der Waals surface area contributed by atoms with E-state index in [0.29, 0.717) is 0 Å². The van der Waals surface area contributed by atoms with E-state index in [4.69, 9.17) is 50.1 Å². The van der Waals surface area contributed by atoms with Crippen LogP contribution < -0.4 is 26.1 Å². The van der Waals surface area contributed by atoms with Crippen LogP contribution in [-0.4, -0.2) is 181 Å². The molecule has 258 valence electrons. The van der Waals surface area contributed by atoms with Gasteiger partial charge in [0.15, 0.2) is 6.23 Å². The lowest BCUT2D eigenvalue weighted by atomic mass is 10.1. The highest BCUT2D eigenvalue weighted by Crippen LogP contribution is 2.27. The first-order valence-corrected chi connectivity index (χ1v) is 14.6. The number of ether oxygens (including phenoxy) is 1. The van der Waals surface area contributed by atoms with Crippen molar-refractivity contribution in [1.82, 2.24) is 9.55 Å². The van der Waals surface area contributed by atoms with Crippen molar-refractivity contribution >= 4 is 13.6 Å². The van der Waals surface area contributed by atoms with Gasteiger partial charge in [0.05, 0.1) is 89.9 Å². The van der Waals surface area contributed by atoms with Crippen molar-refractivity contribution in [2.24, 2.45) is 0 Å². The normalized spacial score (nSPS) is 20.2. The Bertz CT molecular complexity index is 914. The molecule has 1 saturated heterocycles. The molecule has 18 nitrogen and oxygen atoms in total. The minimum atomic E-state index is -5.39. The molecule has 0 saturated carbocycles. The minimum absolute atomic E-state index is 0.0537. The van der Waals surface area contributed by atoms with Gasteiger partial charge in [-0.3, -0.25) is 4.57 Å². The van der Waals surface area contributed by atoms with Gasteiger partial charge in [-0.15, -0.1) is 0 Å². The molecule has 0 radical (unpaired) electrons. The Balaban J connectivity index is -0.000000519. The first-order valence-electron chi connectivity index (χ1n) is 13.2. The van der Waals surface area contributed by atoms with E-state index in [1.807, 2.05) is 0 Å². The summed E-state index contributed by atoms with van der Waals surface area (Å²) in [6.07, 6.45) is -3.27. The second-order valence-electron chi connectivity index (χ2n) is 12.4. The Labute approximate surface area is 254 Å². The second kappa shape index (κ2) is 21.2. The molecule has 8 N–H and O–H groups in total. The number of likely N-dealkylation sites (N-methyl/N-ethyl adjacent to an activating group) is 3. The number of hydrogen-bond donors (Lipinski definition) is 7. The number of nitrogen functional groups attached to an aromatic ring is 1. The fourth-order valence-electron chi connectivity index (χ4n) is 2.63. The third-order valence-electron chi connectivity index (χ3n) is 4.96. The lowest BCUT2D eigenvalue weighted by Gasteiger charge is -2.36. The number of nitrogens with zero attached hydrogens (tertiary/aromatic N) is 5. The molecule has 0 spiro atoms. The number of nitrogens with two attached hydrogens (primary N) is 1.